The summed E-state index contributed by atoms with van der Waals surface area (Å²) >= 11 is 1.71. The van der Waals surface area contributed by atoms with E-state index in [1.54, 1.807) is 30.3 Å². The molecule has 0 aliphatic heterocycles. The van der Waals surface area contributed by atoms with Crippen LogP contribution in [-0.2, 0) is 16.8 Å². The number of amides is 1. The highest BCUT2D eigenvalue weighted by Crippen LogP contribution is 2.43. The predicted octanol–water partition coefficient (Wildman–Crippen LogP) is 2.99. The molecule has 1 fully saturated rings. The number of rotatable bonds is 7. The number of hydrogen-bond donors (Lipinski definition) is 2. The lowest BCUT2D eigenvalue weighted by Gasteiger charge is -2.43. The summed E-state index contributed by atoms with van der Waals surface area (Å²) < 4.78 is 0. The molecule has 1 amide bonds. The molecule has 0 bridgehead atoms. The minimum atomic E-state index is -0.00589. The highest BCUT2D eigenvalue weighted by Gasteiger charge is 2.38. The van der Waals surface area contributed by atoms with E-state index in [-0.39, 0.29) is 17.9 Å². The lowest BCUT2D eigenvalue weighted by Crippen LogP contribution is -2.49. The molecule has 1 aliphatic carbocycles. The lowest BCUT2D eigenvalue weighted by molar-refractivity contribution is -0.127. The SMILES string of the molecule is CN(C)C(=O)CN=C(NCc1cccs1)NCC1(c2ccccc2)CCC1. The van der Waals surface area contributed by atoms with Crippen molar-refractivity contribution in [3.63, 3.8) is 0 Å². The Labute approximate surface area is 165 Å². The second kappa shape index (κ2) is 9.04. The minimum absolute atomic E-state index is 0.00589. The van der Waals surface area contributed by atoms with Crippen LogP contribution in [0.15, 0.2) is 52.8 Å². The van der Waals surface area contributed by atoms with Crippen LogP contribution >= 0.6 is 11.3 Å². The summed E-state index contributed by atoms with van der Waals surface area (Å²) in [5.74, 6) is 0.689. The molecule has 0 atom stereocenters. The van der Waals surface area contributed by atoms with Gasteiger partial charge in [0, 0.05) is 30.9 Å². The molecule has 0 radical (unpaired) electrons. The fourth-order valence-electron chi connectivity index (χ4n) is 3.26. The van der Waals surface area contributed by atoms with Crippen molar-refractivity contribution < 1.29 is 4.79 Å². The van der Waals surface area contributed by atoms with E-state index < -0.39 is 0 Å². The Bertz CT molecular complexity index is 752. The molecule has 2 aromatic rings. The Kier molecular flexibility index (Phi) is 6.50. The van der Waals surface area contributed by atoms with Crippen molar-refractivity contribution in [2.45, 2.75) is 31.2 Å². The van der Waals surface area contributed by atoms with Gasteiger partial charge in [0.25, 0.3) is 0 Å². The summed E-state index contributed by atoms with van der Waals surface area (Å²) in [5.41, 5.74) is 1.55. The lowest BCUT2D eigenvalue weighted by atomic mass is 9.64. The number of nitrogens with zero attached hydrogens (tertiary/aromatic N) is 2. The molecule has 0 spiro atoms. The van der Waals surface area contributed by atoms with Crippen molar-refractivity contribution in [1.29, 1.82) is 0 Å². The molecule has 27 heavy (non-hydrogen) atoms. The summed E-state index contributed by atoms with van der Waals surface area (Å²) in [6.45, 7) is 1.67. The second-order valence-corrected chi connectivity index (χ2v) is 8.27. The van der Waals surface area contributed by atoms with Gasteiger partial charge < -0.3 is 15.5 Å². The van der Waals surface area contributed by atoms with Crippen molar-refractivity contribution in [3.05, 3.63) is 58.3 Å². The zero-order valence-electron chi connectivity index (χ0n) is 16.1. The zero-order chi connectivity index (χ0) is 19.1. The summed E-state index contributed by atoms with van der Waals surface area (Å²) in [6.07, 6.45) is 3.61. The highest BCUT2D eigenvalue weighted by molar-refractivity contribution is 7.09. The first kappa shape index (κ1) is 19.4. The quantitative estimate of drug-likeness (QED) is 0.570. The van der Waals surface area contributed by atoms with E-state index in [0.717, 1.165) is 6.54 Å². The Balaban J connectivity index is 1.66. The van der Waals surface area contributed by atoms with E-state index >= 15 is 0 Å². The molecular weight excluding hydrogens is 356 g/mol. The maximum atomic E-state index is 11.9. The number of aliphatic imine (C=N–C) groups is 1. The van der Waals surface area contributed by atoms with Gasteiger partial charge in [0.1, 0.15) is 6.54 Å². The number of thiophene rings is 1. The van der Waals surface area contributed by atoms with Gasteiger partial charge >= 0.3 is 0 Å². The van der Waals surface area contributed by atoms with Crippen molar-refractivity contribution in [3.8, 4) is 0 Å². The number of benzene rings is 1. The van der Waals surface area contributed by atoms with Gasteiger partial charge in [0.2, 0.25) is 5.91 Å². The first-order valence-electron chi connectivity index (χ1n) is 9.39. The van der Waals surface area contributed by atoms with Crippen LogP contribution in [0.3, 0.4) is 0 Å². The third-order valence-corrected chi connectivity index (χ3v) is 6.05. The van der Waals surface area contributed by atoms with Crippen LogP contribution in [0, 0.1) is 0 Å². The molecule has 5 nitrogen and oxygen atoms in total. The van der Waals surface area contributed by atoms with Crippen LogP contribution in [-0.4, -0.2) is 44.0 Å². The molecule has 3 rings (SSSR count). The predicted molar refractivity (Wildman–Crippen MR) is 112 cm³/mol. The maximum absolute atomic E-state index is 11.9. The van der Waals surface area contributed by atoms with Crippen LogP contribution < -0.4 is 10.6 Å². The third kappa shape index (κ3) is 5.10. The molecular formula is C21H28N4OS. The molecule has 1 heterocycles. The van der Waals surface area contributed by atoms with Crippen molar-refractivity contribution in [2.24, 2.45) is 4.99 Å². The van der Waals surface area contributed by atoms with Gasteiger partial charge in [-0.3, -0.25) is 4.79 Å². The van der Waals surface area contributed by atoms with Crippen molar-refractivity contribution in [1.82, 2.24) is 15.5 Å². The van der Waals surface area contributed by atoms with E-state index in [0.29, 0.717) is 12.5 Å². The molecule has 1 aromatic heterocycles. The van der Waals surface area contributed by atoms with Gasteiger partial charge in [-0.05, 0) is 29.9 Å². The number of guanidine groups is 1. The van der Waals surface area contributed by atoms with E-state index in [1.807, 2.05) is 6.07 Å². The highest BCUT2D eigenvalue weighted by atomic mass is 32.1. The maximum Gasteiger partial charge on any atom is 0.243 e. The smallest absolute Gasteiger partial charge is 0.243 e. The number of likely N-dealkylation sites (N-methyl/N-ethyl adjacent to an activating group) is 1. The second-order valence-electron chi connectivity index (χ2n) is 7.24. The van der Waals surface area contributed by atoms with Gasteiger partial charge in [-0.1, -0.05) is 42.8 Å². The molecule has 144 valence electrons. The minimum Gasteiger partial charge on any atom is -0.355 e. The average Bonchev–Trinajstić information content (AvgIpc) is 3.16. The van der Waals surface area contributed by atoms with Gasteiger partial charge in [-0.25, -0.2) is 4.99 Å². The van der Waals surface area contributed by atoms with E-state index in [2.05, 4.69) is 57.4 Å². The fourth-order valence-corrected chi connectivity index (χ4v) is 3.91. The molecule has 1 aromatic carbocycles. The first-order valence-corrected chi connectivity index (χ1v) is 10.3. The van der Waals surface area contributed by atoms with Crippen molar-refractivity contribution in [2.75, 3.05) is 27.2 Å². The van der Waals surface area contributed by atoms with E-state index in [9.17, 15) is 4.79 Å². The summed E-state index contributed by atoms with van der Waals surface area (Å²) in [5, 5.41) is 8.92. The largest absolute Gasteiger partial charge is 0.355 e. The zero-order valence-corrected chi connectivity index (χ0v) is 16.9. The van der Waals surface area contributed by atoms with Crippen LogP contribution in [0.5, 0.6) is 0 Å². The van der Waals surface area contributed by atoms with E-state index in [4.69, 9.17) is 0 Å². The monoisotopic (exact) mass is 384 g/mol. The Morgan fingerprint density at radius 1 is 1.15 bits per heavy atom. The van der Waals surface area contributed by atoms with Crippen LogP contribution in [0.1, 0.15) is 29.7 Å². The van der Waals surface area contributed by atoms with Gasteiger partial charge in [-0.2, -0.15) is 0 Å². The van der Waals surface area contributed by atoms with E-state index in [1.165, 1.54) is 29.7 Å². The molecule has 0 saturated heterocycles. The van der Waals surface area contributed by atoms with Crippen LogP contribution in [0.4, 0.5) is 0 Å². The summed E-state index contributed by atoms with van der Waals surface area (Å²) in [7, 11) is 3.51. The normalized spacial score (nSPS) is 15.7. The molecule has 1 saturated carbocycles. The summed E-state index contributed by atoms with van der Waals surface area (Å²) in [4.78, 5) is 19.3. The summed E-state index contributed by atoms with van der Waals surface area (Å²) in [6, 6.07) is 14.8. The Morgan fingerprint density at radius 3 is 2.52 bits per heavy atom. The topological polar surface area (TPSA) is 56.7 Å². The third-order valence-electron chi connectivity index (χ3n) is 5.17. The number of carbonyl (C=O) groups is 1. The number of carbonyl (C=O) groups excluding carboxylic acids is 1. The Morgan fingerprint density at radius 2 is 1.93 bits per heavy atom. The first-order chi connectivity index (χ1) is 13.1. The van der Waals surface area contributed by atoms with Crippen LogP contribution in [0.25, 0.3) is 0 Å². The van der Waals surface area contributed by atoms with Crippen LogP contribution in [0.2, 0.25) is 0 Å². The standard InChI is InChI=1S/C21H28N4OS/c1-25(2)19(26)15-23-20(22-14-18-10-6-13-27-18)24-16-21(11-7-12-21)17-8-4-3-5-9-17/h3-6,8-10,13H,7,11-12,14-16H2,1-2H3,(H2,22,23,24). The average molecular weight is 385 g/mol. The van der Waals surface area contributed by atoms with Gasteiger partial charge in [0.15, 0.2) is 5.96 Å². The molecule has 2 N–H and O–H groups in total. The number of hydrogen-bond acceptors (Lipinski definition) is 3. The molecule has 0 unspecified atom stereocenters. The van der Waals surface area contributed by atoms with Crippen molar-refractivity contribution >= 4 is 23.2 Å². The fraction of sp³-hybridized carbons (Fsp3) is 0.429. The van der Waals surface area contributed by atoms with Gasteiger partial charge in [-0.15, -0.1) is 11.3 Å². The van der Waals surface area contributed by atoms with Gasteiger partial charge in [0.05, 0.1) is 6.54 Å². The molecule has 1 aliphatic rings. The molecule has 6 heteroatoms. The number of nitrogens with one attached hydrogen (secondary N) is 2. The Hall–Kier alpha value is -2.34.